The molecule has 8 nitrogen and oxygen atoms in total. The van der Waals surface area contributed by atoms with Crippen LogP contribution in [0.1, 0.15) is 31.7 Å². The van der Waals surface area contributed by atoms with Crippen LogP contribution in [0.4, 0.5) is 0 Å². The normalized spacial score (nSPS) is 16.8. The lowest BCUT2D eigenvalue weighted by Crippen LogP contribution is -2.43. The van der Waals surface area contributed by atoms with E-state index in [2.05, 4.69) is 0 Å². The highest BCUT2D eigenvalue weighted by atomic mass is 16.5. The lowest BCUT2D eigenvalue weighted by atomic mass is 10.1. The first kappa shape index (κ1) is 21.5. The number of hydrogen-bond acceptors (Lipinski definition) is 5. The maximum Gasteiger partial charge on any atom is 0.323 e. The molecule has 0 aromatic heterocycles. The van der Waals surface area contributed by atoms with Crippen molar-refractivity contribution in [1.29, 1.82) is 0 Å². The number of carboxylic acids is 1. The number of carbonyl (C=O) groups is 3. The predicted molar refractivity (Wildman–Crippen MR) is 102 cm³/mol. The van der Waals surface area contributed by atoms with Crippen LogP contribution >= 0.6 is 0 Å². The Morgan fingerprint density at radius 1 is 1.14 bits per heavy atom. The molecule has 0 spiro atoms. The Labute approximate surface area is 165 Å². The first-order valence-electron chi connectivity index (χ1n) is 9.34. The zero-order valence-electron chi connectivity index (χ0n) is 16.6. The van der Waals surface area contributed by atoms with Crippen molar-refractivity contribution in [1.82, 2.24) is 9.80 Å². The molecule has 0 aliphatic carbocycles. The minimum Gasteiger partial charge on any atom is -0.496 e. The Hall–Kier alpha value is -2.77. The van der Waals surface area contributed by atoms with Gasteiger partial charge in [0.2, 0.25) is 11.8 Å². The molecular formula is C20H28N2O6. The van der Waals surface area contributed by atoms with Gasteiger partial charge in [-0.15, -0.1) is 0 Å². The van der Waals surface area contributed by atoms with Crippen molar-refractivity contribution in [2.24, 2.45) is 0 Å². The van der Waals surface area contributed by atoms with E-state index in [1.165, 1.54) is 11.8 Å². The van der Waals surface area contributed by atoms with Crippen LogP contribution in [0.2, 0.25) is 0 Å². The van der Waals surface area contributed by atoms with Gasteiger partial charge >= 0.3 is 5.97 Å². The number of carboxylic acid groups (broad SMARTS) is 1. The van der Waals surface area contributed by atoms with E-state index in [4.69, 9.17) is 14.6 Å². The van der Waals surface area contributed by atoms with Crippen molar-refractivity contribution >= 4 is 17.8 Å². The number of hydrogen-bond donors (Lipinski definition) is 1. The topological polar surface area (TPSA) is 96.4 Å². The van der Waals surface area contributed by atoms with Crippen LogP contribution in [0.3, 0.4) is 0 Å². The average Bonchev–Trinajstić information content (AvgIpc) is 2.92. The van der Waals surface area contributed by atoms with Gasteiger partial charge in [-0.05, 0) is 31.4 Å². The van der Waals surface area contributed by atoms with Gasteiger partial charge < -0.3 is 24.4 Å². The van der Waals surface area contributed by atoms with E-state index in [1.807, 2.05) is 0 Å². The Balaban J connectivity index is 2.07. The number of benzene rings is 1. The first-order chi connectivity index (χ1) is 13.4. The zero-order chi connectivity index (χ0) is 20.7. The summed E-state index contributed by atoms with van der Waals surface area (Å²) in [6.45, 7) is 2.12. The van der Waals surface area contributed by atoms with E-state index in [9.17, 15) is 14.4 Å². The largest absolute Gasteiger partial charge is 0.496 e. The van der Waals surface area contributed by atoms with Crippen molar-refractivity contribution < 1.29 is 29.0 Å². The summed E-state index contributed by atoms with van der Waals surface area (Å²) in [4.78, 5) is 38.9. The molecule has 8 heteroatoms. The van der Waals surface area contributed by atoms with Crippen molar-refractivity contribution in [3.8, 4) is 11.5 Å². The van der Waals surface area contributed by atoms with Crippen molar-refractivity contribution in [3.63, 3.8) is 0 Å². The minimum atomic E-state index is -1.03. The summed E-state index contributed by atoms with van der Waals surface area (Å²) in [5.74, 6) is -0.133. The Bertz CT molecular complexity index is 698. The van der Waals surface area contributed by atoms with E-state index < -0.39 is 5.97 Å². The molecule has 0 bridgehead atoms. The standard InChI is InChI=1S/C20H28N2O6/c1-14(23)22(13-20(25)26)15-6-5-10-21(11-9-15)19(24)12-16-17(27-2)7-4-8-18(16)28-3/h4,7-8,15H,5-6,9-13H2,1-3H3,(H,25,26). The van der Waals surface area contributed by atoms with Crippen LogP contribution in [0.5, 0.6) is 11.5 Å². The third-order valence-electron chi connectivity index (χ3n) is 5.06. The van der Waals surface area contributed by atoms with Gasteiger partial charge in [0.15, 0.2) is 0 Å². The summed E-state index contributed by atoms with van der Waals surface area (Å²) in [5, 5.41) is 9.05. The number of methoxy groups -OCH3 is 2. The molecule has 0 saturated carbocycles. The highest BCUT2D eigenvalue weighted by Crippen LogP contribution is 2.29. The molecule has 2 amide bonds. The summed E-state index contributed by atoms with van der Waals surface area (Å²) in [5.41, 5.74) is 0.703. The summed E-state index contributed by atoms with van der Waals surface area (Å²) >= 11 is 0. The molecule has 1 aliphatic heterocycles. The molecule has 1 unspecified atom stereocenters. The number of aliphatic carboxylic acids is 1. The van der Waals surface area contributed by atoms with Gasteiger partial charge in [0.05, 0.1) is 20.6 Å². The van der Waals surface area contributed by atoms with Crippen LogP contribution in [0.15, 0.2) is 18.2 Å². The fraction of sp³-hybridized carbons (Fsp3) is 0.550. The molecule has 1 atom stereocenters. The van der Waals surface area contributed by atoms with E-state index in [0.29, 0.717) is 49.4 Å². The van der Waals surface area contributed by atoms with Crippen LogP contribution in [-0.2, 0) is 20.8 Å². The van der Waals surface area contributed by atoms with Gasteiger partial charge in [0.25, 0.3) is 0 Å². The molecule has 1 aromatic carbocycles. The van der Waals surface area contributed by atoms with Crippen LogP contribution < -0.4 is 9.47 Å². The molecule has 1 N–H and O–H groups in total. The van der Waals surface area contributed by atoms with Crippen LogP contribution in [-0.4, -0.2) is 72.6 Å². The van der Waals surface area contributed by atoms with E-state index in [-0.39, 0.29) is 30.8 Å². The number of nitrogens with zero attached hydrogens (tertiary/aromatic N) is 2. The Morgan fingerprint density at radius 3 is 2.32 bits per heavy atom. The van der Waals surface area contributed by atoms with E-state index >= 15 is 0 Å². The van der Waals surface area contributed by atoms with Crippen LogP contribution in [0.25, 0.3) is 0 Å². The highest BCUT2D eigenvalue weighted by Gasteiger charge is 2.28. The SMILES string of the molecule is COc1cccc(OC)c1CC(=O)N1CCCC(N(CC(=O)O)C(C)=O)CC1. The van der Waals surface area contributed by atoms with E-state index in [0.717, 1.165) is 0 Å². The quantitative estimate of drug-likeness (QED) is 0.757. The van der Waals surface area contributed by atoms with Gasteiger partial charge in [-0.1, -0.05) is 6.07 Å². The fourth-order valence-corrected chi connectivity index (χ4v) is 3.65. The minimum absolute atomic E-state index is 0.0453. The smallest absolute Gasteiger partial charge is 0.323 e. The van der Waals surface area contributed by atoms with Gasteiger partial charge in [-0.3, -0.25) is 14.4 Å². The van der Waals surface area contributed by atoms with E-state index in [1.54, 1.807) is 37.3 Å². The predicted octanol–water partition coefficient (Wildman–Crippen LogP) is 1.56. The van der Waals surface area contributed by atoms with Gasteiger partial charge in [-0.25, -0.2) is 0 Å². The number of amides is 2. The monoisotopic (exact) mass is 392 g/mol. The van der Waals surface area contributed by atoms with Gasteiger partial charge in [0.1, 0.15) is 18.0 Å². The molecule has 1 saturated heterocycles. The lowest BCUT2D eigenvalue weighted by Gasteiger charge is -2.29. The van der Waals surface area contributed by atoms with Gasteiger partial charge in [-0.2, -0.15) is 0 Å². The number of ether oxygens (including phenoxy) is 2. The third-order valence-corrected chi connectivity index (χ3v) is 5.06. The molecule has 1 fully saturated rings. The molecule has 1 heterocycles. The number of likely N-dealkylation sites (tertiary alicyclic amines) is 1. The number of carbonyl (C=O) groups excluding carboxylic acids is 2. The average molecular weight is 392 g/mol. The van der Waals surface area contributed by atoms with Gasteiger partial charge in [0, 0.05) is 31.6 Å². The lowest BCUT2D eigenvalue weighted by molar-refractivity contribution is -0.145. The highest BCUT2D eigenvalue weighted by molar-refractivity contribution is 5.81. The molecular weight excluding hydrogens is 364 g/mol. The molecule has 154 valence electrons. The summed E-state index contributed by atoms with van der Waals surface area (Å²) < 4.78 is 10.7. The van der Waals surface area contributed by atoms with Crippen molar-refractivity contribution in [2.75, 3.05) is 33.9 Å². The van der Waals surface area contributed by atoms with Crippen molar-refractivity contribution in [2.45, 2.75) is 38.6 Å². The molecule has 1 aromatic rings. The first-order valence-corrected chi connectivity index (χ1v) is 9.34. The second-order valence-corrected chi connectivity index (χ2v) is 6.82. The summed E-state index contributed by atoms with van der Waals surface area (Å²) in [7, 11) is 3.11. The zero-order valence-corrected chi connectivity index (χ0v) is 16.6. The molecule has 28 heavy (non-hydrogen) atoms. The fourth-order valence-electron chi connectivity index (χ4n) is 3.65. The molecule has 0 radical (unpaired) electrons. The Morgan fingerprint density at radius 2 is 1.79 bits per heavy atom. The molecule has 1 aliphatic rings. The summed E-state index contributed by atoms with van der Waals surface area (Å²) in [6.07, 6.45) is 2.10. The maximum atomic E-state index is 12.9. The summed E-state index contributed by atoms with van der Waals surface area (Å²) in [6, 6.07) is 5.22. The van der Waals surface area contributed by atoms with Crippen molar-refractivity contribution in [3.05, 3.63) is 23.8 Å². The number of rotatable bonds is 7. The maximum absolute atomic E-state index is 12.9. The second kappa shape index (κ2) is 9.96. The van der Waals surface area contributed by atoms with Crippen LogP contribution in [0, 0.1) is 0 Å². The third kappa shape index (κ3) is 5.37. The Kier molecular flexibility index (Phi) is 7.66. The molecule has 2 rings (SSSR count). The second-order valence-electron chi connectivity index (χ2n) is 6.82.